The van der Waals surface area contributed by atoms with E-state index in [1.807, 2.05) is 0 Å². The van der Waals surface area contributed by atoms with E-state index in [0.717, 1.165) is 6.92 Å². The van der Waals surface area contributed by atoms with Gasteiger partial charge in [-0.05, 0) is 36.8 Å². The summed E-state index contributed by atoms with van der Waals surface area (Å²) in [5, 5.41) is 24.7. The van der Waals surface area contributed by atoms with Crippen LogP contribution in [-0.2, 0) is 42.9 Å². The molecule has 2 unspecified atom stereocenters. The third-order valence-corrected chi connectivity index (χ3v) is 11.5. The Bertz CT molecular complexity index is 1790. The van der Waals surface area contributed by atoms with Crippen LogP contribution in [0, 0.1) is 22.7 Å². The molecule has 0 radical (unpaired) electrons. The Hall–Kier alpha value is -4.59. The highest BCUT2D eigenvalue weighted by Crippen LogP contribution is 2.65. The van der Waals surface area contributed by atoms with Gasteiger partial charge >= 0.3 is 23.9 Å². The molecule has 2 N–H and O–H groups in total. The molecule has 2 aromatic rings. The average Bonchev–Trinajstić information content (AvgIpc) is 3.09. The summed E-state index contributed by atoms with van der Waals surface area (Å²) in [6.45, 7) is 7.81. The van der Waals surface area contributed by atoms with Crippen LogP contribution in [-0.4, -0.2) is 88.7 Å². The number of esters is 4. The average molecular weight is 721 g/mol. The van der Waals surface area contributed by atoms with E-state index >= 15 is 4.79 Å². The Morgan fingerprint density at radius 2 is 1.56 bits per heavy atom. The van der Waals surface area contributed by atoms with E-state index in [9.17, 15) is 29.4 Å². The van der Waals surface area contributed by atoms with Gasteiger partial charge in [-0.25, -0.2) is 9.59 Å². The lowest BCUT2D eigenvalue weighted by atomic mass is 9.45. The maximum absolute atomic E-state index is 15.5. The van der Waals surface area contributed by atoms with Crippen LogP contribution < -0.4 is 4.74 Å². The molecule has 13 heteroatoms. The van der Waals surface area contributed by atoms with Gasteiger partial charge in [0.2, 0.25) is 5.78 Å². The van der Waals surface area contributed by atoms with Crippen LogP contribution in [0.5, 0.6) is 5.75 Å². The van der Waals surface area contributed by atoms with Crippen molar-refractivity contribution in [1.82, 2.24) is 0 Å². The SMILES string of the molecule is CC(=O)OC1=C2C(C)C(O)C[C@@](O)([C@@H](OC(=O)c3ccccc3)[C@@H]3[C@]4(OC(C)=O)CO[C@@H]4C[C@H](OC(=O)COc4ccccc4)[C@@]3(C)C1=O)C2(C)C. The first kappa shape index (κ1) is 37.2. The number of carbonyl (C=O) groups excluding carboxylic acids is 5. The quantitative estimate of drug-likeness (QED) is 0.299. The number of fused-ring (bicyclic) bond motifs is 5. The monoisotopic (exact) mass is 720 g/mol. The van der Waals surface area contributed by atoms with Gasteiger partial charge in [-0.3, -0.25) is 14.4 Å². The number of carbonyl (C=O) groups is 5. The molecule has 2 aromatic carbocycles. The van der Waals surface area contributed by atoms with Crippen molar-refractivity contribution in [1.29, 1.82) is 0 Å². The first-order valence-corrected chi connectivity index (χ1v) is 17.3. The lowest BCUT2D eigenvalue weighted by Crippen LogP contribution is -2.81. The van der Waals surface area contributed by atoms with E-state index in [2.05, 4.69) is 0 Å². The summed E-state index contributed by atoms with van der Waals surface area (Å²) >= 11 is 0. The molecule has 1 saturated heterocycles. The maximum Gasteiger partial charge on any atom is 0.344 e. The van der Waals surface area contributed by atoms with E-state index in [0.29, 0.717) is 5.75 Å². The number of ketones is 1. The number of ether oxygens (including phenoxy) is 6. The maximum atomic E-state index is 15.5. The van der Waals surface area contributed by atoms with Crippen molar-refractivity contribution in [2.75, 3.05) is 13.2 Å². The minimum absolute atomic E-state index is 0.111. The Morgan fingerprint density at radius 1 is 0.923 bits per heavy atom. The Morgan fingerprint density at radius 3 is 2.13 bits per heavy atom. The molecule has 52 heavy (non-hydrogen) atoms. The van der Waals surface area contributed by atoms with E-state index in [4.69, 9.17) is 28.4 Å². The summed E-state index contributed by atoms with van der Waals surface area (Å²) in [5.74, 6) is -6.52. The lowest BCUT2D eigenvalue weighted by Gasteiger charge is -2.67. The number of aliphatic hydroxyl groups excluding tert-OH is 1. The molecule has 13 nitrogen and oxygen atoms in total. The molecule has 0 amide bonds. The number of hydrogen-bond acceptors (Lipinski definition) is 13. The minimum Gasteiger partial charge on any atom is -0.482 e. The van der Waals surface area contributed by atoms with Crippen LogP contribution in [0.4, 0.5) is 0 Å². The van der Waals surface area contributed by atoms with Gasteiger partial charge in [0.05, 0.1) is 29.6 Å². The predicted octanol–water partition coefficient (Wildman–Crippen LogP) is 3.49. The zero-order valence-electron chi connectivity index (χ0n) is 30.0. The second-order valence-corrected chi connectivity index (χ2v) is 14.9. The van der Waals surface area contributed by atoms with Gasteiger partial charge in [0.25, 0.3) is 0 Å². The van der Waals surface area contributed by atoms with Crippen molar-refractivity contribution in [3.63, 3.8) is 0 Å². The van der Waals surface area contributed by atoms with Crippen LogP contribution in [0.2, 0.25) is 0 Å². The Labute approximate surface area is 301 Å². The molecule has 9 atom stereocenters. The Balaban J connectivity index is 1.60. The van der Waals surface area contributed by atoms with Gasteiger partial charge in [0.15, 0.2) is 18.0 Å². The first-order chi connectivity index (χ1) is 24.5. The minimum atomic E-state index is -2.20. The fraction of sp³-hybridized carbons (Fsp3) is 0.513. The van der Waals surface area contributed by atoms with Crippen LogP contribution in [0.15, 0.2) is 72.0 Å². The zero-order valence-corrected chi connectivity index (χ0v) is 30.0. The van der Waals surface area contributed by atoms with Crippen molar-refractivity contribution in [3.05, 3.63) is 77.6 Å². The van der Waals surface area contributed by atoms with Gasteiger partial charge in [-0.2, -0.15) is 0 Å². The third-order valence-electron chi connectivity index (χ3n) is 11.5. The van der Waals surface area contributed by atoms with Crippen molar-refractivity contribution in [3.8, 4) is 5.75 Å². The number of allylic oxidation sites excluding steroid dienone is 1. The van der Waals surface area contributed by atoms with Crippen molar-refractivity contribution in [2.24, 2.45) is 22.7 Å². The van der Waals surface area contributed by atoms with Gasteiger partial charge in [-0.1, -0.05) is 57.2 Å². The highest BCUT2D eigenvalue weighted by Gasteiger charge is 2.78. The predicted molar refractivity (Wildman–Crippen MR) is 180 cm³/mol. The molecular formula is C39H44O13. The van der Waals surface area contributed by atoms with E-state index in [1.165, 1.54) is 26.0 Å². The molecule has 6 rings (SSSR count). The molecule has 0 spiro atoms. The Kier molecular flexibility index (Phi) is 9.60. The number of aliphatic hydroxyl groups is 2. The summed E-state index contributed by atoms with van der Waals surface area (Å²) < 4.78 is 35.8. The van der Waals surface area contributed by atoms with E-state index < -0.39 is 100 Å². The molecular weight excluding hydrogens is 676 g/mol. The van der Waals surface area contributed by atoms with Crippen molar-refractivity contribution < 1.29 is 62.6 Å². The van der Waals surface area contributed by atoms with Crippen LogP contribution in [0.3, 0.4) is 0 Å². The molecule has 2 saturated carbocycles. The zero-order chi connectivity index (χ0) is 37.8. The summed E-state index contributed by atoms with van der Waals surface area (Å²) in [6, 6.07) is 16.5. The van der Waals surface area contributed by atoms with Crippen LogP contribution in [0.1, 0.15) is 64.7 Å². The van der Waals surface area contributed by atoms with Crippen LogP contribution in [0.25, 0.3) is 0 Å². The molecule has 1 aliphatic heterocycles. The molecule has 0 aromatic heterocycles. The van der Waals surface area contributed by atoms with Crippen molar-refractivity contribution in [2.45, 2.75) is 90.0 Å². The second-order valence-electron chi connectivity index (χ2n) is 14.9. The van der Waals surface area contributed by atoms with E-state index in [-0.39, 0.29) is 30.6 Å². The topological polar surface area (TPSA) is 181 Å². The molecule has 2 bridgehead atoms. The second kappa shape index (κ2) is 13.4. The highest BCUT2D eigenvalue weighted by atomic mass is 16.6. The number of hydrogen-bond donors (Lipinski definition) is 2. The number of benzene rings is 2. The smallest absolute Gasteiger partial charge is 0.344 e. The summed E-state index contributed by atoms with van der Waals surface area (Å²) in [5.41, 5.74) is -7.20. The van der Waals surface area contributed by atoms with Gasteiger partial charge < -0.3 is 38.6 Å². The van der Waals surface area contributed by atoms with Gasteiger partial charge in [0.1, 0.15) is 29.7 Å². The molecule has 4 aliphatic rings. The summed E-state index contributed by atoms with van der Waals surface area (Å²) in [7, 11) is 0. The first-order valence-electron chi connectivity index (χ1n) is 17.3. The third kappa shape index (κ3) is 5.88. The van der Waals surface area contributed by atoms with Gasteiger partial charge in [-0.15, -0.1) is 0 Å². The number of rotatable bonds is 8. The molecule has 278 valence electrons. The standard InChI is InChI=1S/C39H44O13/c1-21-26(42)18-39(46)34(51-35(45)24-13-9-7-10-14-24)32-37(6,33(44)31(49-22(2)40)30(21)36(39,4)5)27(17-28-38(32,20-48-28)52-23(3)41)50-29(43)19-47-25-15-11-8-12-16-25/h7-16,21,26-28,32,34,42,46H,17-20H2,1-6H3/t21?,26?,27-,28+,32-,34-,37+,38-,39+/m0/s1. The van der Waals surface area contributed by atoms with Crippen molar-refractivity contribution >= 4 is 29.7 Å². The normalized spacial score (nSPS) is 34.6. The number of Topliss-reactive ketones (excluding diaryl/α,β-unsaturated/α-hetero) is 1. The number of para-hydroxylation sites is 1. The molecule has 3 fully saturated rings. The fourth-order valence-electron chi connectivity index (χ4n) is 8.90. The molecule has 1 heterocycles. The lowest BCUT2D eigenvalue weighted by molar-refractivity contribution is -0.346. The van der Waals surface area contributed by atoms with Gasteiger partial charge in [0, 0.05) is 38.0 Å². The fourth-order valence-corrected chi connectivity index (χ4v) is 8.90. The van der Waals surface area contributed by atoms with E-state index in [1.54, 1.807) is 69.3 Å². The summed E-state index contributed by atoms with van der Waals surface area (Å²) in [4.78, 5) is 68.7. The summed E-state index contributed by atoms with van der Waals surface area (Å²) in [6.07, 6.45) is -5.90. The highest BCUT2D eigenvalue weighted by molar-refractivity contribution is 6.02. The molecule has 3 aliphatic carbocycles. The van der Waals surface area contributed by atoms with Crippen LogP contribution >= 0.6 is 0 Å². The largest absolute Gasteiger partial charge is 0.482 e.